The number of nitrogens with zero attached hydrogens (tertiary/aromatic N) is 2. The van der Waals surface area contributed by atoms with Crippen molar-refractivity contribution in [1.29, 1.82) is 0 Å². The Morgan fingerprint density at radius 2 is 0.800 bits per heavy atom. The fourth-order valence-corrected chi connectivity index (χ4v) is 9.08. The maximum absolute atomic E-state index is 2.49. The third-order valence-corrected chi connectivity index (χ3v) is 11.7. The van der Waals surface area contributed by atoms with Crippen LogP contribution in [0.4, 0.5) is 34.1 Å². The van der Waals surface area contributed by atoms with Crippen LogP contribution in [0.3, 0.4) is 0 Å². The predicted octanol–water partition coefficient (Wildman–Crippen LogP) is 15.0. The van der Waals surface area contributed by atoms with Gasteiger partial charge in [0.05, 0.1) is 5.69 Å². The molecule has 0 saturated heterocycles. The molecule has 0 aromatic heterocycles. The van der Waals surface area contributed by atoms with Gasteiger partial charge in [0, 0.05) is 39.2 Å². The zero-order valence-corrected chi connectivity index (χ0v) is 31.7. The summed E-state index contributed by atoms with van der Waals surface area (Å²) < 4.78 is 0. The molecule has 0 heterocycles. The van der Waals surface area contributed by atoms with Crippen LogP contribution in [-0.4, -0.2) is 0 Å². The molecule has 9 aromatic carbocycles. The summed E-state index contributed by atoms with van der Waals surface area (Å²) in [5.41, 5.74) is 14.6. The van der Waals surface area contributed by atoms with Crippen molar-refractivity contribution in [2.75, 3.05) is 9.80 Å². The second-order valence-electron chi connectivity index (χ2n) is 15.5. The van der Waals surface area contributed by atoms with Gasteiger partial charge in [-0.15, -0.1) is 0 Å². The Morgan fingerprint density at radius 3 is 1.40 bits per heavy atom. The molecule has 0 amide bonds. The minimum atomic E-state index is -0.279. The summed E-state index contributed by atoms with van der Waals surface area (Å²) in [7, 11) is 0. The van der Waals surface area contributed by atoms with E-state index in [0.717, 1.165) is 28.4 Å². The highest BCUT2D eigenvalue weighted by Gasteiger charge is 2.40. The number of hydrogen-bond acceptors (Lipinski definition) is 2. The summed E-state index contributed by atoms with van der Waals surface area (Å²) >= 11 is 0. The first-order valence-corrected chi connectivity index (χ1v) is 19.3. The van der Waals surface area contributed by atoms with Gasteiger partial charge in [0.25, 0.3) is 0 Å². The van der Waals surface area contributed by atoms with Crippen LogP contribution in [0.25, 0.3) is 43.4 Å². The van der Waals surface area contributed by atoms with Crippen LogP contribution in [0.1, 0.15) is 36.1 Å². The SMILES string of the molecule is Cc1ccc(N(c2ccccc2)c2ccc3c4c(c5ccccc5c3c2)-c2c(cc(N(c3ccccc3)c3ccc(C)cc3)c3ccccc23)C4(C)C)cc1. The Hall–Kier alpha value is -6.64. The minimum absolute atomic E-state index is 0.279. The summed E-state index contributed by atoms with van der Waals surface area (Å²) in [6.07, 6.45) is 0. The average Bonchev–Trinajstić information content (AvgIpc) is 3.47. The Morgan fingerprint density at radius 1 is 0.345 bits per heavy atom. The number of fused-ring (bicyclic) bond motifs is 10. The fourth-order valence-electron chi connectivity index (χ4n) is 9.08. The maximum atomic E-state index is 2.49. The Bertz CT molecular complexity index is 2890. The minimum Gasteiger partial charge on any atom is -0.310 e. The highest BCUT2D eigenvalue weighted by atomic mass is 15.1. The molecular weight excluding hydrogens is 665 g/mol. The first kappa shape index (κ1) is 33.0. The Kier molecular flexibility index (Phi) is 7.64. The van der Waals surface area contributed by atoms with Crippen LogP contribution < -0.4 is 9.80 Å². The van der Waals surface area contributed by atoms with Crippen LogP contribution in [-0.2, 0) is 5.41 Å². The number of anilines is 6. The van der Waals surface area contributed by atoms with Crippen molar-refractivity contribution in [2.24, 2.45) is 0 Å². The number of hydrogen-bond donors (Lipinski definition) is 0. The van der Waals surface area contributed by atoms with Crippen molar-refractivity contribution < 1.29 is 0 Å². The lowest BCUT2D eigenvalue weighted by Gasteiger charge is -2.30. The zero-order valence-electron chi connectivity index (χ0n) is 31.7. The average molecular weight is 707 g/mol. The third kappa shape index (κ3) is 5.24. The molecule has 1 aliphatic carbocycles. The van der Waals surface area contributed by atoms with E-state index in [0.29, 0.717) is 0 Å². The fraction of sp³-hybridized carbons (Fsp3) is 0.0943. The lowest BCUT2D eigenvalue weighted by atomic mass is 9.79. The Labute approximate surface area is 323 Å². The smallest absolute Gasteiger partial charge is 0.0543 e. The van der Waals surface area contributed by atoms with E-state index < -0.39 is 0 Å². The van der Waals surface area contributed by atoms with Gasteiger partial charge in [0.2, 0.25) is 0 Å². The third-order valence-electron chi connectivity index (χ3n) is 11.7. The number of rotatable bonds is 6. The molecule has 1 aliphatic rings. The largest absolute Gasteiger partial charge is 0.310 e. The van der Waals surface area contributed by atoms with Crippen molar-refractivity contribution in [1.82, 2.24) is 0 Å². The molecule has 0 bridgehead atoms. The van der Waals surface area contributed by atoms with Crippen LogP contribution in [0, 0.1) is 13.8 Å². The van der Waals surface area contributed by atoms with Gasteiger partial charge in [-0.05, 0) is 130 Å². The second kappa shape index (κ2) is 12.7. The van der Waals surface area contributed by atoms with Crippen LogP contribution >= 0.6 is 0 Å². The second-order valence-corrected chi connectivity index (χ2v) is 15.5. The molecule has 0 radical (unpaired) electrons. The summed E-state index contributed by atoms with van der Waals surface area (Å²) in [5.74, 6) is 0. The molecule has 55 heavy (non-hydrogen) atoms. The summed E-state index contributed by atoms with van der Waals surface area (Å²) in [6.45, 7) is 9.16. The van der Waals surface area contributed by atoms with Crippen molar-refractivity contribution in [3.8, 4) is 11.1 Å². The zero-order chi connectivity index (χ0) is 37.3. The van der Waals surface area contributed by atoms with E-state index in [1.54, 1.807) is 0 Å². The molecule has 0 spiro atoms. The van der Waals surface area contributed by atoms with E-state index in [4.69, 9.17) is 0 Å². The molecule has 10 rings (SSSR count). The van der Waals surface area contributed by atoms with Crippen LogP contribution in [0.2, 0.25) is 0 Å². The lowest BCUT2D eigenvalue weighted by Crippen LogP contribution is -2.17. The van der Waals surface area contributed by atoms with Crippen molar-refractivity contribution in [2.45, 2.75) is 33.1 Å². The first-order valence-electron chi connectivity index (χ1n) is 19.3. The van der Waals surface area contributed by atoms with E-state index in [-0.39, 0.29) is 5.41 Å². The molecule has 0 unspecified atom stereocenters. The summed E-state index contributed by atoms with van der Waals surface area (Å²) in [6, 6.07) is 67.0. The summed E-state index contributed by atoms with van der Waals surface area (Å²) in [4.78, 5) is 4.82. The molecule has 0 N–H and O–H groups in total. The highest BCUT2D eigenvalue weighted by molar-refractivity contribution is 6.23. The number of benzene rings is 9. The van der Waals surface area contributed by atoms with E-state index in [1.807, 2.05) is 0 Å². The molecular formula is C53H42N2. The first-order chi connectivity index (χ1) is 26.9. The quantitative estimate of drug-likeness (QED) is 0.159. The van der Waals surface area contributed by atoms with Crippen LogP contribution in [0.15, 0.2) is 182 Å². The van der Waals surface area contributed by atoms with Crippen molar-refractivity contribution in [3.05, 3.63) is 204 Å². The Balaban J connectivity index is 1.25. The molecule has 2 nitrogen and oxygen atoms in total. The molecule has 0 fully saturated rings. The van der Waals surface area contributed by atoms with Gasteiger partial charge in [-0.1, -0.05) is 140 Å². The van der Waals surface area contributed by atoms with Crippen molar-refractivity contribution in [3.63, 3.8) is 0 Å². The van der Waals surface area contributed by atoms with Crippen LogP contribution in [0.5, 0.6) is 0 Å². The van der Waals surface area contributed by atoms with Gasteiger partial charge in [-0.25, -0.2) is 0 Å². The predicted molar refractivity (Wildman–Crippen MR) is 235 cm³/mol. The van der Waals surface area contributed by atoms with E-state index in [1.165, 1.54) is 71.4 Å². The number of para-hydroxylation sites is 2. The lowest BCUT2D eigenvalue weighted by molar-refractivity contribution is 0.667. The van der Waals surface area contributed by atoms with Gasteiger partial charge in [-0.3, -0.25) is 0 Å². The van der Waals surface area contributed by atoms with Gasteiger partial charge in [-0.2, -0.15) is 0 Å². The molecule has 264 valence electrons. The van der Waals surface area contributed by atoms with E-state index in [2.05, 4.69) is 219 Å². The topological polar surface area (TPSA) is 6.48 Å². The highest BCUT2D eigenvalue weighted by Crippen LogP contribution is 2.59. The van der Waals surface area contributed by atoms with Crippen molar-refractivity contribution >= 4 is 66.4 Å². The normalized spacial score (nSPS) is 12.9. The van der Waals surface area contributed by atoms with Gasteiger partial charge in [0.1, 0.15) is 0 Å². The van der Waals surface area contributed by atoms with Gasteiger partial charge < -0.3 is 9.80 Å². The van der Waals surface area contributed by atoms with Gasteiger partial charge in [0.15, 0.2) is 0 Å². The molecule has 9 aromatic rings. The molecule has 0 aliphatic heterocycles. The van der Waals surface area contributed by atoms with E-state index in [9.17, 15) is 0 Å². The standard InChI is InChI=1S/C53H42N2/c1-35-23-27-39(28-24-35)54(37-15-7-5-8-16-37)41-31-32-46-47(33-41)42-19-11-13-21-44(42)51-50-45-22-14-12-20-43(45)49(34-48(50)53(3,4)52(46)51)55(38-17-9-6-10-18-38)40-29-25-36(2)26-30-40/h5-34H,1-4H3. The molecule has 2 heteroatoms. The molecule has 0 saturated carbocycles. The maximum Gasteiger partial charge on any atom is 0.0543 e. The molecule has 0 atom stereocenters. The van der Waals surface area contributed by atoms with Gasteiger partial charge >= 0.3 is 0 Å². The summed E-state index contributed by atoms with van der Waals surface area (Å²) in [5, 5.41) is 7.68. The number of aryl methyl sites for hydroxylation is 2. The van der Waals surface area contributed by atoms with E-state index >= 15 is 0 Å². The monoisotopic (exact) mass is 706 g/mol.